The maximum Gasteiger partial charge on any atom is 0 e. The summed E-state index contributed by atoms with van der Waals surface area (Å²) in [5.74, 6) is 0.661. The predicted octanol–water partition coefficient (Wildman–Crippen LogP) is 2.33. The van der Waals surface area contributed by atoms with Gasteiger partial charge >= 0.3 is 0 Å². The van der Waals surface area contributed by atoms with Gasteiger partial charge in [0.1, 0.15) is 0 Å². The standard InChI is InChI=1S/C8H11.Hf/c1-7(2)8-5-3-4-6-8;/h3,5,7H,4H2,1-2H3;/q-1;. The maximum absolute atomic E-state index is 3.26. The van der Waals surface area contributed by atoms with Gasteiger partial charge in [-0.2, -0.15) is 6.08 Å². The average molecular weight is 286 g/mol. The second-order valence-corrected chi connectivity index (χ2v) is 2.39. The van der Waals surface area contributed by atoms with E-state index >= 15 is 0 Å². The Hall–Kier alpha value is 0.350. The molecule has 0 nitrogen and oxygen atoms in total. The van der Waals surface area contributed by atoms with Gasteiger partial charge < -0.3 is 0 Å². The number of rotatable bonds is 1. The van der Waals surface area contributed by atoms with Crippen LogP contribution in [0, 0.1) is 12.0 Å². The largest absolute Gasteiger partial charge is 0.269 e. The van der Waals surface area contributed by atoms with E-state index < -0.39 is 0 Å². The van der Waals surface area contributed by atoms with Gasteiger partial charge in [0.25, 0.3) is 0 Å². The first kappa shape index (κ1) is 9.35. The first-order valence-corrected chi connectivity index (χ1v) is 3.08. The number of hydrogen-bond donors (Lipinski definition) is 0. The fraction of sp³-hybridized carbons (Fsp3) is 0.500. The molecule has 0 aromatic heterocycles. The van der Waals surface area contributed by atoms with Crippen molar-refractivity contribution in [3.05, 3.63) is 23.8 Å². The molecule has 48 valence electrons. The molecule has 1 aliphatic rings. The molecule has 0 atom stereocenters. The van der Waals surface area contributed by atoms with Gasteiger partial charge in [0, 0.05) is 25.8 Å². The van der Waals surface area contributed by atoms with Gasteiger partial charge in [0.15, 0.2) is 0 Å². The fourth-order valence-corrected chi connectivity index (χ4v) is 0.818. The van der Waals surface area contributed by atoms with Crippen molar-refractivity contribution in [1.29, 1.82) is 0 Å². The predicted molar refractivity (Wildman–Crippen MR) is 35.4 cm³/mol. The summed E-state index contributed by atoms with van der Waals surface area (Å²) >= 11 is 0. The van der Waals surface area contributed by atoms with Crippen LogP contribution < -0.4 is 0 Å². The summed E-state index contributed by atoms with van der Waals surface area (Å²) in [5, 5.41) is 0. The minimum Gasteiger partial charge on any atom is -0.269 e. The minimum atomic E-state index is 0. The first-order valence-electron chi connectivity index (χ1n) is 3.08. The monoisotopic (exact) mass is 287 g/mol. The van der Waals surface area contributed by atoms with Crippen LogP contribution in [0.15, 0.2) is 17.7 Å². The molecule has 0 heterocycles. The van der Waals surface area contributed by atoms with E-state index in [1.165, 1.54) is 5.57 Å². The van der Waals surface area contributed by atoms with Crippen LogP contribution >= 0.6 is 0 Å². The van der Waals surface area contributed by atoms with Crippen LogP contribution in [0.2, 0.25) is 0 Å². The van der Waals surface area contributed by atoms with Crippen molar-refractivity contribution in [3.63, 3.8) is 0 Å². The maximum atomic E-state index is 3.26. The molecule has 0 N–H and O–H groups in total. The molecule has 9 heavy (non-hydrogen) atoms. The van der Waals surface area contributed by atoms with Crippen molar-refractivity contribution in [3.8, 4) is 0 Å². The second kappa shape index (κ2) is 4.21. The zero-order valence-electron chi connectivity index (χ0n) is 5.94. The van der Waals surface area contributed by atoms with Crippen LogP contribution in [0.5, 0.6) is 0 Å². The van der Waals surface area contributed by atoms with Crippen molar-refractivity contribution in [1.82, 2.24) is 0 Å². The van der Waals surface area contributed by atoms with Gasteiger partial charge in [0.05, 0.1) is 0 Å². The van der Waals surface area contributed by atoms with Gasteiger partial charge in [-0.15, -0.1) is 6.42 Å². The van der Waals surface area contributed by atoms with E-state index in [1.807, 2.05) is 0 Å². The molecule has 0 saturated heterocycles. The van der Waals surface area contributed by atoms with E-state index in [0.717, 1.165) is 6.42 Å². The van der Waals surface area contributed by atoms with Gasteiger partial charge in [-0.05, 0) is 0 Å². The molecule has 0 amide bonds. The zero-order valence-corrected chi connectivity index (χ0v) is 9.53. The van der Waals surface area contributed by atoms with Crippen molar-refractivity contribution in [2.75, 3.05) is 0 Å². The van der Waals surface area contributed by atoms with Gasteiger partial charge in [0.2, 0.25) is 0 Å². The summed E-state index contributed by atoms with van der Waals surface area (Å²) in [6.45, 7) is 4.38. The van der Waals surface area contributed by atoms with Gasteiger partial charge in [-0.3, -0.25) is 6.08 Å². The molecule has 1 aliphatic carbocycles. The Morgan fingerprint density at radius 3 is 2.44 bits per heavy atom. The first-order chi connectivity index (χ1) is 3.80. The second-order valence-electron chi connectivity index (χ2n) is 2.39. The summed E-state index contributed by atoms with van der Waals surface area (Å²) in [7, 11) is 0. The van der Waals surface area contributed by atoms with Crippen molar-refractivity contribution in [2.45, 2.75) is 20.3 Å². The van der Waals surface area contributed by atoms with E-state index in [9.17, 15) is 0 Å². The molecular weight excluding hydrogens is 275 g/mol. The summed E-state index contributed by atoms with van der Waals surface area (Å²) < 4.78 is 0. The SMILES string of the molecule is CC(C)C1=[C-]CC=C1.[Hf]. The molecule has 0 aliphatic heterocycles. The molecule has 0 radical (unpaired) electrons. The van der Waals surface area contributed by atoms with Crippen LogP contribution in [0.4, 0.5) is 0 Å². The molecule has 0 aromatic carbocycles. The van der Waals surface area contributed by atoms with E-state index in [0.29, 0.717) is 5.92 Å². The zero-order chi connectivity index (χ0) is 5.98. The summed E-state index contributed by atoms with van der Waals surface area (Å²) in [6.07, 6.45) is 8.59. The smallest absolute Gasteiger partial charge is 0 e. The molecule has 0 aromatic rings. The van der Waals surface area contributed by atoms with E-state index in [2.05, 4.69) is 32.1 Å². The Morgan fingerprint density at radius 1 is 1.56 bits per heavy atom. The third kappa shape index (κ3) is 2.61. The van der Waals surface area contributed by atoms with Crippen molar-refractivity contribution >= 4 is 0 Å². The topological polar surface area (TPSA) is 0 Å². The van der Waals surface area contributed by atoms with Gasteiger partial charge in [-0.25, -0.2) is 11.6 Å². The van der Waals surface area contributed by atoms with E-state index in [1.54, 1.807) is 0 Å². The van der Waals surface area contributed by atoms with Gasteiger partial charge in [-0.1, -0.05) is 19.8 Å². The quantitative estimate of drug-likeness (QED) is 0.512. The van der Waals surface area contributed by atoms with Crippen LogP contribution in [-0.2, 0) is 25.8 Å². The summed E-state index contributed by atoms with van der Waals surface area (Å²) in [5.41, 5.74) is 1.37. The van der Waals surface area contributed by atoms with E-state index in [4.69, 9.17) is 0 Å². The molecule has 1 heteroatoms. The number of allylic oxidation sites excluding steroid dienone is 4. The number of hydrogen-bond acceptors (Lipinski definition) is 0. The summed E-state index contributed by atoms with van der Waals surface area (Å²) in [6, 6.07) is 0. The van der Waals surface area contributed by atoms with Crippen molar-refractivity contribution in [2.24, 2.45) is 5.92 Å². The Kier molecular flexibility index (Phi) is 4.37. The Balaban J connectivity index is 0.000000640. The molecule has 0 spiro atoms. The Morgan fingerprint density at radius 2 is 2.22 bits per heavy atom. The third-order valence-electron chi connectivity index (χ3n) is 1.34. The fourth-order valence-electron chi connectivity index (χ4n) is 0.818. The normalized spacial score (nSPS) is 15.7. The van der Waals surface area contributed by atoms with Crippen LogP contribution in [0.1, 0.15) is 20.3 Å². The van der Waals surface area contributed by atoms with E-state index in [-0.39, 0.29) is 25.8 Å². The van der Waals surface area contributed by atoms with Crippen LogP contribution in [-0.4, -0.2) is 0 Å². The molecule has 0 saturated carbocycles. The molecule has 0 fully saturated rings. The summed E-state index contributed by atoms with van der Waals surface area (Å²) in [4.78, 5) is 0. The van der Waals surface area contributed by atoms with Crippen LogP contribution in [0.25, 0.3) is 0 Å². The minimum absolute atomic E-state index is 0. The molecule has 1 rings (SSSR count). The van der Waals surface area contributed by atoms with Crippen molar-refractivity contribution < 1.29 is 25.8 Å². The van der Waals surface area contributed by atoms with Crippen LogP contribution in [0.3, 0.4) is 0 Å². The third-order valence-corrected chi connectivity index (χ3v) is 1.34. The molecular formula is C8H11Hf-. The Labute approximate surface area is 75.8 Å². The average Bonchev–Trinajstić information content (AvgIpc) is 2.12. The Bertz CT molecular complexity index is 132. The molecule has 0 unspecified atom stereocenters. The molecule has 0 bridgehead atoms.